The fourth-order valence-electron chi connectivity index (χ4n) is 1.42. The summed E-state index contributed by atoms with van der Waals surface area (Å²) in [4.78, 5) is 6.81. The van der Waals surface area contributed by atoms with Crippen LogP contribution in [0.4, 0.5) is 5.82 Å². The molecule has 0 spiro atoms. The SMILES string of the molecule is Cc1cccc(N(CCBr)C(C)C)n1. The topological polar surface area (TPSA) is 16.1 Å². The van der Waals surface area contributed by atoms with Crippen LogP contribution in [0, 0.1) is 6.92 Å². The van der Waals surface area contributed by atoms with E-state index in [9.17, 15) is 0 Å². The Morgan fingerprint density at radius 2 is 2.14 bits per heavy atom. The number of hydrogen-bond donors (Lipinski definition) is 0. The Balaban J connectivity index is 2.87. The molecule has 0 aliphatic heterocycles. The molecule has 0 bridgehead atoms. The maximum absolute atomic E-state index is 4.52. The zero-order valence-electron chi connectivity index (χ0n) is 9.00. The molecule has 0 N–H and O–H groups in total. The van der Waals surface area contributed by atoms with Gasteiger partial charge in [-0.2, -0.15) is 0 Å². The maximum Gasteiger partial charge on any atom is 0.129 e. The lowest BCUT2D eigenvalue weighted by Gasteiger charge is -2.27. The van der Waals surface area contributed by atoms with Crippen LogP contribution in [0.2, 0.25) is 0 Å². The Labute approximate surface area is 94.5 Å². The lowest BCUT2D eigenvalue weighted by Crippen LogP contribution is -2.33. The molecule has 0 amide bonds. The van der Waals surface area contributed by atoms with E-state index in [1.165, 1.54) is 0 Å². The first-order chi connectivity index (χ1) is 6.65. The highest BCUT2D eigenvalue weighted by molar-refractivity contribution is 9.09. The minimum absolute atomic E-state index is 0.488. The van der Waals surface area contributed by atoms with Crippen molar-refractivity contribution >= 4 is 21.7 Å². The number of rotatable bonds is 4. The third-order valence-corrected chi connectivity index (χ3v) is 2.47. The van der Waals surface area contributed by atoms with Crippen LogP contribution in [0.1, 0.15) is 19.5 Å². The first-order valence-electron chi connectivity index (χ1n) is 4.91. The van der Waals surface area contributed by atoms with Gasteiger partial charge in [0.2, 0.25) is 0 Å². The minimum Gasteiger partial charge on any atom is -0.353 e. The number of anilines is 1. The summed E-state index contributed by atoms with van der Waals surface area (Å²) in [5, 5.41) is 0.973. The maximum atomic E-state index is 4.52. The van der Waals surface area contributed by atoms with Gasteiger partial charge in [0.05, 0.1) is 0 Å². The molecule has 0 fully saturated rings. The fourth-order valence-corrected chi connectivity index (χ4v) is 1.80. The predicted octanol–water partition coefficient (Wildman–Crippen LogP) is 3.00. The van der Waals surface area contributed by atoms with Gasteiger partial charge in [-0.3, -0.25) is 0 Å². The Kier molecular flexibility index (Phi) is 4.39. The number of hydrogen-bond acceptors (Lipinski definition) is 2. The van der Waals surface area contributed by atoms with Gasteiger partial charge in [0, 0.05) is 23.6 Å². The van der Waals surface area contributed by atoms with Crippen molar-refractivity contribution < 1.29 is 0 Å². The van der Waals surface area contributed by atoms with E-state index in [0.717, 1.165) is 23.4 Å². The zero-order chi connectivity index (χ0) is 10.6. The molecule has 1 aromatic heterocycles. The van der Waals surface area contributed by atoms with E-state index in [0.29, 0.717) is 6.04 Å². The third kappa shape index (κ3) is 2.98. The van der Waals surface area contributed by atoms with Crippen molar-refractivity contribution in [2.45, 2.75) is 26.8 Å². The van der Waals surface area contributed by atoms with Gasteiger partial charge in [-0.15, -0.1) is 0 Å². The second-order valence-corrected chi connectivity index (χ2v) is 4.41. The number of nitrogens with zero attached hydrogens (tertiary/aromatic N) is 2. The molecule has 78 valence electrons. The van der Waals surface area contributed by atoms with E-state index >= 15 is 0 Å². The monoisotopic (exact) mass is 256 g/mol. The first kappa shape index (κ1) is 11.5. The number of pyridine rings is 1. The van der Waals surface area contributed by atoms with Crippen LogP contribution in [-0.2, 0) is 0 Å². The van der Waals surface area contributed by atoms with Crippen molar-refractivity contribution in [2.75, 3.05) is 16.8 Å². The summed E-state index contributed by atoms with van der Waals surface area (Å²) in [5.41, 5.74) is 1.07. The standard InChI is InChI=1S/C11H17BrN2/c1-9(2)14(8-7-12)11-6-4-5-10(3)13-11/h4-6,9H,7-8H2,1-3H3. The van der Waals surface area contributed by atoms with E-state index in [2.05, 4.69) is 51.8 Å². The molecule has 3 heteroatoms. The van der Waals surface area contributed by atoms with Crippen LogP contribution in [0.5, 0.6) is 0 Å². The van der Waals surface area contributed by atoms with Gasteiger partial charge < -0.3 is 4.90 Å². The van der Waals surface area contributed by atoms with Crippen molar-refractivity contribution in [3.05, 3.63) is 23.9 Å². The molecular formula is C11H17BrN2. The van der Waals surface area contributed by atoms with Crippen LogP contribution < -0.4 is 4.90 Å². The Morgan fingerprint density at radius 3 is 2.64 bits per heavy atom. The van der Waals surface area contributed by atoms with E-state index in [1.54, 1.807) is 0 Å². The average molecular weight is 257 g/mol. The van der Waals surface area contributed by atoms with Gasteiger partial charge in [-0.05, 0) is 32.9 Å². The fraction of sp³-hybridized carbons (Fsp3) is 0.545. The van der Waals surface area contributed by atoms with Crippen LogP contribution in [0.3, 0.4) is 0 Å². The molecule has 0 saturated heterocycles. The van der Waals surface area contributed by atoms with Gasteiger partial charge in [0.1, 0.15) is 5.82 Å². The molecule has 0 aliphatic rings. The molecule has 14 heavy (non-hydrogen) atoms. The zero-order valence-corrected chi connectivity index (χ0v) is 10.6. The summed E-state index contributed by atoms with van der Waals surface area (Å²) in [6, 6.07) is 6.63. The lowest BCUT2D eigenvalue weighted by molar-refractivity contribution is 0.696. The summed E-state index contributed by atoms with van der Waals surface area (Å²) >= 11 is 3.46. The van der Waals surface area contributed by atoms with Gasteiger partial charge in [0.25, 0.3) is 0 Å². The molecule has 2 nitrogen and oxygen atoms in total. The molecule has 0 aliphatic carbocycles. The molecule has 0 radical (unpaired) electrons. The van der Waals surface area contributed by atoms with E-state index in [-0.39, 0.29) is 0 Å². The third-order valence-electron chi connectivity index (χ3n) is 2.12. The quantitative estimate of drug-likeness (QED) is 0.771. The number of aromatic nitrogens is 1. The second kappa shape index (κ2) is 5.35. The Hall–Kier alpha value is -0.570. The number of alkyl halides is 1. The van der Waals surface area contributed by atoms with E-state index < -0.39 is 0 Å². The van der Waals surface area contributed by atoms with Gasteiger partial charge in [0.15, 0.2) is 0 Å². The smallest absolute Gasteiger partial charge is 0.129 e. The summed E-state index contributed by atoms with van der Waals surface area (Å²) in [6.07, 6.45) is 0. The minimum atomic E-state index is 0.488. The predicted molar refractivity (Wildman–Crippen MR) is 65.3 cm³/mol. The van der Waals surface area contributed by atoms with Crippen LogP contribution in [0.15, 0.2) is 18.2 Å². The molecular weight excluding hydrogens is 240 g/mol. The van der Waals surface area contributed by atoms with Crippen molar-refractivity contribution in [3.8, 4) is 0 Å². The highest BCUT2D eigenvalue weighted by atomic mass is 79.9. The molecule has 0 saturated carbocycles. The second-order valence-electron chi connectivity index (χ2n) is 3.61. The lowest BCUT2D eigenvalue weighted by atomic mass is 10.3. The highest BCUT2D eigenvalue weighted by Gasteiger charge is 2.10. The average Bonchev–Trinajstić information content (AvgIpc) is 2.13. The van der Waals surface area contributed by atoms with Gasteiger partial charge in [-0.1, -0.05) is 22.0 Å². The van der Waals surface area contributed by atoms with Crippen molar-refractivity contribution in [1.82, 2.24) is 4.98 Å². The van der Waals surface area contributed by atoms with Crippen molar-refractivity contribution in [3.63, 3.8) is 0 Å². The summed E-state index contributed by atoms with van der Waals surface area (Å²) in [5.74, 6) is 1.07. The Morgan fingerprint density at radius 1 is 1.43 bits per heavy atom. The highest BCUT2D eigenvalue weighted by Crippen LogP contribution is 2.14. The van der Waals surface area contributed by atoms with Crippen LogP contribution in [0.25, 0.3) is 0 Å². The van der Waals surface area contributed by atoms with E-state index in [4.69, 9.17) is 0 Å². The number of aryl methyl sites for hydroxylation is 1. The molecule has 0 unspecified atom stereocenters. The molecule has 0 aromatic carbocycles. The van der Waals surface area contributed by atoms with Gasteiger partial charge in [-0.25, -0.2) is 4.98 Å². The molecule has 1 rings (SSSR count). The van der Waals surface area contributed by atoms with Crippen molar-refractivity contribution in [2.24, 2.45) is 0 Å². The van der Waals surface area contributed by atoms with Crippen molar-refractivity contribution in [1.29, 1.82) is 0 Å². The Bertz CT molecular complexity index is 286. The van der Waals surface area contributed by atoms with E-state index in [1.807, 2.05) is 13.0 Å². The van der Waals surface area contributed by atoms with Crippen LogP contribution in [-0.4, -0.2) is 22.9 Å². The first-order valence-corrected chi connectivity index (χ1v) is 6.03. The largest absolute Gasteiger partial charge is 0.353 e. The molecule has 1 aromatic rings. The summed E-state index contributed by atoms with van der Waals surface area (Å²) in [6.45, 7) is 7.39. The van der Waals surface area contributed by atoms with Crippen LogP contribution >= 0.6 is 15.9 Å². The molecule has 0 atom stereocenters. The van der Waals surface area contributed by atoms with Gasteiger partial charge >= 0.3 is 0 Å². The number of halogens is 1. The summed E-state index contributed by atoms with van der Waals surface area (Å²) < 4.78 is 0. The molecule has 1 heterocycles. The normalized spacial score (nSPS) is 10.6. The summed E-state index contributed by atoms with van der Waals surface area (Å²) in [7, 11) is 0.